The number of para-hydroxylation sites is 1. The number of hydrogen-bond acceptors (Lipinski definition) is 5. The SMILES string of the molecule is COc1cccc(C=C(C#N)C(=O)Nc2cccc(C(=O)O)c2)c1OC. The molecule has 0 spiro atoms. The summed E-state index contributed by atoms with van der Waals surface area (Å²) in [5, 5.41) is 20.8. The summed E-state index contributed by atoms with van der Waals surface area (Å²) >= 11 is 0. The summed E-state index contributed by atoms with van der Waals surface area (Å²) in [5.41, 5.74) is 0.628. The van der Waals surface area contributed by atoms with Crippen LogP contribution >= 0.6 is 0 Å². The van der Waals surface area contributed by atoms with Crippen LogP contribution in [0.3, 0.4) is 0 Å². The van der Waals surface area contributed by atoms with Gasteiger partial charge in [0.2, 0.25) is 0 Å². The Labute approximate surface area is 150 Å². The average molecular weight is 352 g/mol. The smallest absolute Gasteiger partial charge is 0.335 e. The van der Waals surface area contributed by atoms with Crippen molar-refractivity contribution >= 4 is 23.6 Å². The highest BCUT2D eigenvalue weighted by Crippen LogP contribution is 2.32. The molecule has 132 valence electrons. The van der Waals surface area contributed by atoms with Crippen molar-refractivity contribution in [3.63, 3.8) is 0 Å². The van der Waals surface area contributed by atoms with Crippen LogP contribution < -0.4 is 14.8 Å². The van der Waals surface area contributed by atoms with Gasteiger partial charge in [-0.25, -0.2) is 4.79 Å². The van der Waals surface area contributed by atoms with Crippen LogP contribution in [0, 0.1) is 11.3 Å². The molecule has 0 heterocycles. The lowest BCUT2D eigenvalue weighted by atomic mass is 10.1. The number of amides is 1. The van der Waals surface area contributed by atoms with Gasteiger partial charge >= 0.3 is 5.97 Å². The van der Waals surface area contributed by atoms with Gasteiger partial charge in [0.15, 0.2) is 11.5 Å². The molecule has 0 bridgehead atoms. The Hall–Kier alpha value is -3.79. The van der Waals surface area contributed by atoms with Crippen molar-refractivity contribution in [1.29, 1.82) is 5.26 Å². The second-order valence-corrected chi connectivity index (χ2v) is 5.09. The maximum absolute atomic E-state index is 12.4. The minimum absolute atomic E-state index is 0.0275. The largest absolute Gasteiger partial charge is 0.493 e. The molecule has 0 atom stereocenters. The molecule has 2 aromatic rings. The van der Waals surface area contributed by atoms with Gasteiger partial charge in [0.25, 0.3) is 5.91 Å². The van der Waals surface area contributed by atoms with Crippen LogP contribution in [0.4, 0.5) is 5.69 Å². The van der Waals surface area contributed by atoms with E-state index in [0.29, 0.717) is 17.1 Å². The Morgan fingerprint density at radius 1 is 1.15 bits per heavy atom. The second kappa shape index (κ2) is 8.35. The topological polar surface area (TPSA) is 109 Å². The number of carbonyl (C=O) groups is 2. The first kappa shape index (κ1) is 18.5. The normalized spacial score (nSPS) is 10.6. The zero-order valence-corrected chi connectivity index (χ0v) is 14.1. The number of nitrogens with one attached hydrogen (secondary N) is 1. The Balaban J connectivity index is 2.33. The van der Waals surface area contributed by atoms with Crippen LogP contribution in [0.2, 0.25) is 0 Å². The Kier molecular flexibility index (Phi) is 5.96. The highest BCUT2D eigenvalue weighted by Gasteiger charge is 2.14. The highest BCUT2D eigenvalue weighted by atomic mass is 16.5. The van der Waals surface area contributed by atoms with Gasteiger partial charge in [-0.15, -0.1) is 0 Å². The molecule has 0 aromatic heterocycles. The molecule has 26 heavy (non-hydrogen) atoms. The Morgan fingerprint density at radius 2 is 1.88 bits per heavy atom. The van der Waals surface area contributed by atoms with Crippen molar-refractivity contribution in [2.45, 2.75) is 0 Å². The summed E-state index contributed by atoms with van der Waals surface area (Å²) in [6.07, 6.45) is 1.37. The molecule has 0 unspecified atom stereocenters. The number of aromatic carboxylic acids is 1. The highest BCUT2D eigenvalue weighted by molar-refractivity contribution is 6.10. The van der Waals surface area contributed by atoms with Crippen molar-refractivity contribution in [2.24, 2.45) is 0 Å². The van der Waals surface area contributed by atoms with Crippen LogP contribution in [0.1, 0.15) is 15.9 Å². The molecule has 0 radical (unpaired) electrons. The number of nitrogens with zero attached hydrogens (tertiary/aromatic N) is 1. The summed E-state index contributed by atoms with van der Waals surface area (Å²) in [5.74, 6) is -0.922. The first-order chi connectivity index (χ1) is 12.5. The van der Waals surface area contributed by atoms with Gasteiger partial charge in [0, 0.05) is 11.3 Å². The fourth-order valence-electron chi connectivity index (χ4n) is 2.26. The molecule has 0 saturated heterocycles. The molecule has 1 amide bonds. The van der Waals surface area contributed by atoms with Gasteiger partial charge in [-0.05, 0) is 30.3 Å². The van der Waals surface area contributed by atoms with Crippen LogP contribution in [0.5, 0.6) is 11.5 Å². The summed E-state index contributed by atoms with van der Waals surface area (Å²) in [6, 6.07) is 12.7. The van der Waals surface area contributed by atoms with E-state index in [9.17, 15) is 14.9 Å². The lowest BCUT2D eigenvalue weighted by molar-refractivity contribution is -0.112. The second-order valence-electron chi connectivity index (χ2n) is 5.09. The molecule has 0 aliphatic heterocycles. The third kappa shape index (κ3) is 4.19. The summed E-state index contributed by atoms with van der Waals surface area (Å²) in [4.78, 5) is 23.4. The predicted octanol–water partition coefficient (Wildman–Crippen LogP) is 2.95. The monoisotopic (exact) mass is 352 g/mol. The number of methoxy groups -OCH3 is 2. The van der Waals surface area contributed by atoms with Gasteiger partial charge in [-0.2, -0.15) is 5.26 Å². The van der Waals surface area contributed by atoms with Crippen molar-refractivity contribution in [3.8, 4) is 17.6 Å². The van der Waals surface area contributed by atoms with E-state index in [0.717, 1.165) is 0 Å². The number of hydrogen-bond donors (Lipinski definition) is 2. The molecule has 7 nitrogen and oxygen atoms in total. The predicted molar refractivity (Wildman–Crippen MR) is 95.2 cm³/mol. The van der Waals surface area contributed by atoms with E-state index >= 15 is 0 Å². The summed E-state index contributed by atoms with van der Waals surface area (Å²) in [6.45, 7) is 0. The maximum Gasteiger partial charge on any atom is 0.335 e. The minimum Gasteiger partial charge on any atom is -0.493 e. The van der Waals surface area contributed by atoms with Crippen molar-refractivity contribution in [3.05, 3.63) is 59.2 Å². The van der Waals surface area contributed by atoms with Gasteiger partial charge in [-0.3, -0.25) is 4.79 Å². The number of benzene rings is 2. The molecule has 0 fully saturated rings. The van der Waals surface area contributed by atoms with Crippen LogP contribution in [-0.4, -0.2) is 31.2 Å². The number of carbonyl (C=O) groups excluding carboxylic acids is 1. The Bertz CT molecular complexity index is 912. The van der Waals surface area contributed by atoms with E-state index in [-0.39, 0.29) is 16.8 Å². The number of nitriles is 1. The Morgan fingerprint density at radius 3 is 2.50 bits per heavy atom. The molecular formula is C19H16N2O5. The number of anilines is 1. The lowest BCUT2D eigenvalue weighted by Gasteiger charge is -2.10. The molecule has 2 rings (SSSR count). The van der Waals surface area contributed by atoms with Gasteiger partial charge in [0.05, 0.1) is 19.8 Å². The molecule has 2 aromatic carbocycles. The van der Waals surface area contributed by atoms with Crippen molar-refractivity contribution in [1.82, 2.24) is 0 Å². The number of ether oxygens (including phenoxy) is 2. The third-order valence-electron chi connectivity index (χ3n) is 3.47. The van der Waals surface area contributed by atoms with E-state index in [1.165, 1.54) is 44.6 Å². The first-order valence-corrected chi connectivity index (χ1v) is 7.47. The van der Waals surface area contributed by atoms with E-state index in [2.05, 4.69) is 5.32 Å². The zero-order chi connectivity index (χ0) is 19.1. The van der Waals surface area contributed by atoms with Crippen molar-refractivity contribution < 1.29 is 24.2 Å². The molecular weight excluding hydrogens is 336 g/mol. The number of carboxylic acid groups (broad SMARTS) is 1. The number of rotatable bonds is 6. The van der Waals surface area contributed by atoms with Gasteiger partial charge in [0.1, 0.15) is 11.6 Å². The van der Waals surface area contributed by atoms with Crippen LogP contribution in [0.25, 0.3) is 6.08 Å². The quantitative estimate of drug-likeness (QED) is 0.611. The molecule has 0 aliphatic rings. The van der Waals surface area contributed by atoms with Crippen LogP contribution in [0.15, 0.2) is 48.0 Å². The zero-order valence-electron chi connectivity index (χ0n) is 14.1. The first-order valence-electron chi connectivity index (χ1n) is 7.47. The molecule has 0 aliphatic carbocycles. The summed E-state index contributed by atoms with van der Waals surface area (Å²) < 4.78 is 10.5. The minimum atomic E-state index is -1.11. The fraction of sp³-hybridized carbons (Fsp3) is 0.105. The van der Waals surface area contributed by atoms with Gasteiger partial charge < -0.3 is 19.9 Å². The van der Waals surface area contributed by atoms with Crippen LogP contribution in [-0.2, 0) is 4.79 Å². The van der Waals surface area contributed by atoms with E-state index in [4.69, 9.17) is 14.6 Å². The van der Waals surface area contributed by atoms with E-state index in [1.54, 1.807) is 18.2 Å². The molecule has 0 saturated carbocycles. The summed E-state index contributed by atoms with van der Waals surface area (Å²) in [7, 11) is 2.94. The van der Waals surface area contributed by atoms with E-state index < -0.39 is 11.9 Å². The standard InChI is InChI=1S/C19H16N2O5/c1-25-16-8-4-5-12(17(16)26-2)9-14(11-20)18(22)21-15-7-3-6-13(10-15)19(23)24/h3-10H,1-2H3,(H,21,22)(H,23,24). The average Bonchev–Trinajstić information content (AvgIpc) is 2.65. The number of carboxylic acids is 1. The third-order valence-corrected chi connectivity index (χ3v) is 3.47. The van der Waals surface area contributed by atoms with Crippen molar-refractivity contribution in [2.75, 3.05) is 19.5 Å². The lowest BCUT2D eigenvalue weighted by Crippen LogP contribution is -2.14. The maximum atomic E-state index is 12.4. The molecule has 2 N–H and O–H groups in total. The van der Waals surface area contributed by atoms with Gasteiger partial charge in [-0.1, -0.05) is 18.2 Å². The van der Waals surface area contributed by atoms with E-state index in [1.807, 2.05) is 6.07 Å². The molecule has 7 heteroatoms. The fourth-order valence-corrected chi connectivity index (χ4v) is 2.26.